The lowest BCUT2D eigenvalue weighted by Gasteiger charge is -2.35. The van der Waals surface area contributed by atoms with E-state index >= 15 is 0 Å². The Morgan fingerprint density at radius 1 is 1.30 bits per heavy atom. The molecule has 9 heteroatoms. The smallest absolute Gasteiger partial charge is 0.325 e. The molecule has 2 aromatic rings. The van der Waals surface area contributed by atoms with Crippen molar-refractivity contribution in [3.05, 3.63) is 41.5 Å². The van der Waals surface area contributed by atoms with Crippen LogP contribution in [-0.4, -0.2) is 61.3 Å². The number of urea groups is 1. The maximum absolute atomic E-state index is 12.8. The number of benzene rings is 1. The molecule has 0 fully saturated rings. The molecular weight excluding hydrogens is 352 g/mol. The van der Waals surface area contributed by atoms with E-state index in [9.17, 15) is 9.59 Å². The number of methoxy groups -OCH3 is 3. The third-order valence-electron chi connectivity index (χ3n) is 4.53. The first kappa shape index (κ1) is 18.6. The summed E-state index contributed by atoms with van der Waals surface area (Å²) >= 11 is 0. The van der Waals surface area contributed by atoms with E-state index in [2.05, 4.69) is 20.0 Å². The van der Waals surface area contributed by atoms with Crippen molar-refractivity contribution in [1.29, 1.82) is 0 Å². The summed E-state index contributed by atoms with van der Waals surface area (Å²) in [6, 6.07) is 4.54. The van der Waals surface area contributed by atoms with Crippen LogP contribution in [0.4, 0.5) is 4.79 Å². The summed E-state index contributed by atoms with van der Waals surface area (Å²) in [5, 5.41) is 2.59. The first-order valence-electron chi connectivity index (χ1n) is 8.44. The molecule has 1 aromatic heterocycles. The van der Waals surface area contributed by atoms with Crippen LogP contribution >= 0.6 is 0 Å². The number of amides is 2. The maximum atomic E-state index is 12.8. The zero-order chi connectivity index (χ0) is 19.4. The predicted octanol–water partition coefficient (Wildman–Crippen LogP) is 1.26. The molecule has 1 atom stereocenters. The van der Waals surface area contributed by atoms with E-state index in [4.69, 9.17) is 9.47 Å². The van der Waals surface area contributed by atoms with Gasteiger partial charge >= 0.3 is 12.0 Å². The fourth-order valence-corrected chi connectivity index (χ4v) is 3.19. The SMILES string of the molecule is COC(=O)CNC(=O)N1CCc2[nH]cnc2[C@@H]1c1cc(OC)ccc1OC. The van der Waals surface area contributed by atoms with Gasteiger partial charge in [-0.05, 0) is 18.2 Å². The highest BCUT2D eigenvalue weighted by Crippen LogP contribution is 2.39. The molecule has 144 valence electrons. The second-order valence-electron chi connectivity index (χ2n) is 5.95. The van der Waals surface area contributed by atoms with Crippen LogP contribution in [0.5, 0.6) is 11.5 Å². The number of aromatic amines is 1. The van der Waals surface area contributed by atoms with Gasteiger partial charge in [-0.1, -0.05) is 0 Å². The fourth-order valence-electron chi connectivity index (χ4n) is 3.19. The van der Waals surface area contributed by atoms with Gasteiger partial charge in [0.2, 0.25) is 0 Å². The number of aromatic nitrogens is 2. The number of hydrogen-bond donors (Lipinski definition) is 2. The number of nitrogens with zero attached hydrogens (tertiary/aromatic N) is 2. The molecular formula is C18H22N4O5. The van der Waals surface area contributed by atoms with Crippen LogP contribution in [0.3, 0.4) is 0 Å². The monoisotopic (exact) mass is 374 g/mol. The summed E-state index contributed by atoms with van der Waals surface area (Å²) in [5.41, 5.74) is 2.45. The van der Waals surface area contributed by atoms with Gasteiger partial charge in [0.15, 0.2) is 0 Å². The van der Waals surface area contributed by atoms with Crippen molar-refractivity contribution in [2.24, 2.45) is 0 Å². The molecule has 9 nitrogen and oxygen atoms in total. The number of nitrogens with one attached hydrogen (secondary N) is 2. The summed E-state index contributed by atoms with van der Waals surface area (Å²) in [4.78, 5) is 33.3. The second kappa shape index (κ2) is 7.98. The molecule has 2 N–H and O–H groups in total. The highest BCUT2D eigenvalue weighted by molar-refractivity contribution is 5.81. The maximum Gasteiger partial charge on any atom is 0.325 e. The van der Waals surface area contributed by atoms with Crippen LogP contribution in [0, 0.1) is 0 Å². The van der Waals surface area contributed by atoms with Crippen molar-refractivity contribution < 1.29 is 23.8 Å². The average Bonchev–Trinajstić information content (AvgIpc) is 3.19. The van der Waals surface area contributed by atoms with Crippen LogP contribution in [0.15, 0.2) is 24.5 Å². The minimum atomic E-state index is -0.517. The Hall–Kier alpha value is -3.23. The lowest BCUT2D eigenvalue weighted by Crippen LogP contribution is -2.47. The molecule has 0 aliphatic carbocycles. The van der Waals surface area contributed by atoms with Gasteiger partial charge in [0, 0.05) is 24.2 Å². The number of ether oxygens (including phenoxy) is 3. The van der Waals surface area contributed by atoms with E-state index < -0.39 is 12.0 Å². The van der Waals surface area contributed by atoms with Gasteiger partial charge in [-0.15, -0.1) is 0 Å². The molecule has 2 heterocycles. The Morgan fingerprint density at radius 3 is 2.81 bits per heavy atom. The normalized spacial score (nSPS) is 15.7. The average molecular weight is 374 g/mol. The van der Waals surface area contributed by atoms with Crippen LogP contribution in [-0.2, 0) is 16.0 Å². The molecule has 1 aliphatic heterocycles. The third kappa shape index (κ3) is 3.67. The number of carbonyl (C=O) groups excluding carboxylic acids is 2. The first-order chi connectivity index (χ1) is 13.1. The Kier molecular flexibility index (Phi) is 5.49. The van der Waals surface area contributed by atoms with Crippen LogP contribution in [0.1, 0.15) is 23.0 Å². The molecule has 27 heavy (non-hydrogen) atoms. The standard InChI is InChI=1S/C18H22N4O5/c1-25-11-4-5-14(26-2)12(8-11)17-16-13(20-10-21-16)6-7-22(17)18(24)19-9-15(23)27-3/h4-5,8,10,17H,6-7,9H2,1-3H3,(H,19,24)(H,20,21)/t17-/m0/s1. The third-order valence-corrected chi connectivity index (χ3v) is 4.53. The summed E-state index contributed by atoms with van der Waals surface area (Å²) in [7, 11) is 4.42. The van der Waals surface area contributed by atoms with Gasteiger partial charge < -0.3 is 29.4 Å². The molecule has 0 spiro atoms. The molecule has 0 unspecified atom stereocenters. The summed E-state index contributed by atoms with van der Waals surface area (Å²) in [6.45, 7) is 0.244. The van der Waals surface area contributed by atoms with Crippen molar-refractivity contribution in [2.75, 3.05) is 34.4 Å². The molecule has 0 saturated carbocycles. The van der Waals surface area contributed by atoms with E-state index in [-0.39, 0.29) is 12.6 Å². The van der Waals surface area contributed by atoms with Gasteiger partial charge in [-0.3, -0.25) is 4.79 Å². The number of H-pyrrole nitrogens is 1. The molecule has 0 radical (unpaired) electrons. The molecule has 0 bridgehead atoms. The van der Waals surface area contributed by atoms with Crippen molar-refractivity contribution in [2.45, 2.75) is 12.5 Å². The van der Waals surface area contributed by atoms with E-state index in [0.717, 1.165) is 17.0 Å². The van der Waals surface area contributed by atoms with Gasteiger partial charge in [0.05, 0.1) is 33.4 Å². The quantitative estimate of drug-likeness (QED) is 0.763. The van der Waals surface area contributed by atoms with Gasteiger partial charge in [-0.2, -0.15) is 0 Å². The largest absolute Gasteiger partial charge is 0.497 e. The Labute approximate surface area is 156 Å². The number of carbonyl (C=O) groups is 2. The van der Waals surface area contributed by atoms with Gasteiger partial charge in [0.25, 0.3) is 0 Å². The van der Waals surface area contributed by atoms with Crippen molar-refractivity contribution in [3.8, 4) is 11.5 Å². The number of esters is 1. The summed E-state index contributed by atoms with van der Waals surface area (Å²) in [5.74, 6) is 0.738. The fraction of sp³-hybridized carbons (Fsp3) is 0.389. The lowest BCUT2D eigenvalue weighted by molar-refractivity contribution is -0.139. The minimum Gasteiger partial charge on any atom is -0.497 e. The number of rotatable bonds is 5. The van der Waals surface area contributed by atoms with E-state index in [1.807, 2.05) is 6.07 Å². The van der Waals surface area contributed by atoms with Crippen molar-refractivity contribution in [1.82, 2.24) is 20.2 Å². The van der Waals surface area contributed by atoms with Crippen LogP contribution < -0.4 is 14.8 Å². The zero-order valence-electron chi connectivity index (χ0n) is 15.4. The lowest BCUT2D eigenvalue weighted by atomic mass is 9.95. The predicted molar refractivity (Wildman–Crippen MR) is 95.8 cm³/mol. The summed E-state index contributed by atoms with van der Waals surface area (Å²) in [6.07, 6.45) is 2.24. The Morgan fingerprint density at radius 2 is 2.11 bits per heavy atom. The Bertz CT molecular complexity index is 835. The zero-order valence-corrected chi connectivity index (χ0v) is 15.4. The number of fused-ring (bicyclic) bond motifs is 1. The minimum absolute atomic E-state index is 0.207. The molecule has 1 aliphatic rings. The van der Waals surface area contributed by atoms with Gasteiger partial charge in [-0.25, -0.2) is 9.78 Å². The molecule has 3 rings (SSSR count). The highest BCUT2D eigenvalue weighted by Gasteiger charge is 2.36. The van der Waals surface area contributed by atoms with E-state index in [1.54, 1.807) is 37.6 Å². The van der Waals surface area contributed by atoms with Crippen molar-refractivity contribution >= 4 is 12.0 Å². The summed E-state index contributed by atoms with van der Waals surface area (Å²) < 4.78 is 15.4. The first-order valence-corrected chi connectivity index (χ1v) is 8.44. The van der Waals surface area contributed by atoms with E-state index in [0.29, 0.717) is 24.5 Å². The van der Waals surface area contributed by atoms with Crippen molar-refractivity contribution in [3.63, 3.8) is 0 Å². The van der Waals surface area contributed by atoms with E-state index in [1.165, 1.54) is 7.11 Å². The second-order valence-corrected chi connectivity index (χ2v) is 5.95. The molecule has 0 saturated heterocycles. The van der Waals surface area contributed by atoms with Gasteiger partial charge in [0.1, 0.15) is 24.1 Å². The van der Waals surface area contributed by atoms with Crippen LogP contribution in [0.25, 0.3) is 0 Å². The topological polar surface area (TPSA) is 106 Å². The number of hydrogen-bond acceptors (Lipinski definition) is 6. The molecule has 1 aromatic carbocycles. The number of imidazole rings is 1. The Balaban J connectivity index is 2.00. The molecule has 2 amide bonds. The van der Waals surface area contributed by atoms with Crippen LogP contribution in [0.2, 0.25) is 0 Å². The highest BCUT2D eigenvalue weighted by atomic mass is 16.5.